The Bertz CT molecular complexity index is 1030. The van der Waals surface area contributed by atoms with Crippen molar-refractivity contribution in [1.29, 1.82) is 0 Å². The van der Waals surface area contributed by atoms with Gasteiger partial charge in [-0.05, 0) is 42.7 Å². The van der Waals surface area contributed by atoms with Gasteiger partial charge in [-0.3, -0.25) is 4.40 Å². The smallest absolute Gasteiger partial charge is 0.161 e. The van der Waals surface area contributed by atoms with Crippen LogP contribution in [-0.2, 0) is 0 Å². The molecule has 0 aliphatic heterocycles. The van der Waals surface area contributed by atoms with Gasteiger partial charge in [-0.15, -0.1) is 21.5 Å². The number of benzene rings is 1. The van der Waals surface area contributed by atoms with E-state index in [2.05, 4.69) is 33.4 Å². The standard InChI is InChI=1S/C16H12N4OS2/c1-2-13(21)14-8-17-16(23-14)22-11-5-3-10-4-6-15-19-18-9-20(15)12(10)7-11/h2-9,21H,1H3/b13-2+. The molecule has 0 saturated carbocycles. The van der Waals surface area contributed by atoms with E-state index in [-0.39, 0.29) is 5.76 Å². The molecule has 1 aromatic carbocycles. The van der Waals surface area contributed by atoms with Crippen LogP contribution in [0.1, 0.15) is 11.8 Å². The lowest BCUT2D eigenvalue weighted by atomic mass is 10.2. The molecule has 3 aromatic heterocycles. The van der Waals surface area contributed by atoms with Crippen LogP contribution in [0.4, 0.5) is 0 Å². The van der Waals surface area contributed by atoms with Crippen molar-refractivity contribution in [3.63, 3.8) is 0 Å². The number of hydrogen-bond donors (Lipinski definition) is 1. The van der Waals surface area contributed by atoms with Gasteiger partial charge in [0.25, 0.3) is 0 Å². The number of thiazole rings is 1. The van der Waals surface area contributed by atoms with Gasteiger partial charge in [-0.25, -0.2) is 4.98 Å². The number of rotatable bonds is 3. The fourth-order valence-electron chi connectivity index (χ4n) is 2.31. The van der Waals surface area contributed by atoms with Gasteiger partial charge in [-0.2, -0.15) is 0 Å². The van der Waals surface area contributed by atoms with Gasteiger partial charge in [0.15, 0.2) is 9.99 Å². The summed E-state index contributed by atoms with van der Waals surface area (Å²) in [5.74, 6) is 0.263. The molecule has 0 aliphatic rings. The molecule has 0 spiro atoms. The van der Waals surface area contributed by atoms with Crippen molar-refractivity contribution >= 4 is 45.4 Å². The second kappa shape index (κ2) is 5.68. The first-order valence-electron chi connectivity index (χ1n) is 6.96. The maximum Gasteiger partial charge on any atom is 0.161 e. The van der Waals surface area contributed by atoms with E-state index < -0.39 is 0 Å². The zero-order valence-corrected chi connectivity index (χ0v) is 13.8. The SMILES string of the molecule is C/C=C(/O)c1cnc(Sc2ccc3ccc4nncn4c3c2)s1. The second-order valence-corrected chi connectivity index (χ2v) is 7.23. The van der Waals surface area contributed by atoms with Crippen molar-refractivity contribution in [2.24, 2.45) is 0 Å². The number of hydrogen-bond acceptors (Lipinski definition) is 6. The summed E-state index contributed by atoms with van der Waals surface area (Å²) in [5.41, 5.74) is 1.89. The van der Waals surface area contributed by atoms with Crippen LogP contribution >= 0.6 is 23.1 Å². The van der Waals surface area contributed by atoms with Crippen molar-refractivity contribution in [2.45, 2.75) is 16.2 Å². The van der Waals surface area contributed by atoms with Crippen molar-refractivity contribution in [1.82, 2.24) is 19.6 Å². The third-order valence-electron chi connectivity index (χ3n) is 3.46. The average Bonchev–Trinajstić information content (AvgIpc) is 3.23. The molecule has 0 aliphatic carbocycles. The summed E-state index contributed by atoms with van der Waals surface area (Å²) in [6, 6.07) is 10.2. The number of fused-ring (bicyclic) bond motifs is 3. The second-order valence-electron chi connectivity index (χ2n) is 4.88. The molecule has 5 nitrogen and oxygen atoms in total. The van der Waals surface area contributed by atoms with Gasteiger partial charge in [0, 0.05) is 4.90 Å². The topological polar surface area (TPSA) is 63.3 Å². The Morgan fingerprint density at radius 2 is 2.17 bits per heavy atom. The molecular weight excluding hydrogens is 328 g/mol. The van der Waals surface area contributed by atoms with E-state index in [0.717, 1.165) is 30.7 Å². The van der Waals surface area contributed by atoms with Crippen LogP contribution in [0.15, 0.2) is 58.2 Å². The van der Waals surface area contributed by atoms with Crippen LogP contribution in [0, 0.1) is 0 Å². The van der Waals surface area contributed by atoms with E-state index in [9.17, 15) is 5.11 Å². The van der Waals surface area contributed by atoms with Crippen molar-refractivity contribution in [3.8, 4) is 0 Å². The number of nitrogens with zero attached hydrogens (tertiary/aromatic N) is 4. The lowest BCUT2D eigenvalue weighted by Gasteiger charge is -2.04. The minimum atomic E-state index is 0.263. The molecule has 7 heteroatoms. The maximum absolute atomic E-state index is 9.75. The molecule has 4 rings (SSSR count). The predicted molar refractivity (Wildman–Crippen MR) is 93.0 cm³/mol. The monoisotopic (exact) mass is 340 g/mol. The molecule has 0 fully saturated rings. The molecule has 0 bridgehead atoms. The van der Waals surface area contributed by atoms with E-state index in [1.165, 1.54) is 11.3 Å². The van der Waals surface area contributed by atoms with Crippen LogP contribution in [0.25, 0.3) is 22.3 Å². The number of aliphatic hydroxyl groups is 1. The van der Waals surface area contributed by atoms with E-state index in [1.54, 1.807) is 37.3 Å². The summed E-state index contributed by atoms with van der Waals surface area (Å²) in [5, 5.41) is 18.9. The molecular formula is C16H12N4OS2. The Morgan fingerprint density at radius 3 is 3.04 bits per heavy atom. The van der Waals surface area contributed by atoms with Crippen molar-refractivity contribution in [3.05, 3.63) is 53.8 Å². The number of pyridine rings is 1. The quantitative estimate of drug-likeness (QED) is 0.560. The van der Waals surface area contributed by atoms with Crippen molar-refractivity contribution < 1.29 is 5.11 Å². The maximum atomic E-state index is 9.75. The number of aromatic nitrogens is 4. The van der Waals surface area contributed by atoms with E-state index in [1.807, 2.05) is 16.5 Å². The molecule has 0 unspecified atom stereocenters. The van der Waals surface area contributed by atoms with E-state index in [0.29, 0.717) is 0 Å². The molecule has 0 atom stereocenters. The first kappa shape index (κ1) is 14.2. The zero-order chi connectivity index (χ0) is 15.8. The molecule has 0 amide bonds. The van der Waals surface area contributed by atoms with Crippen LogP contribution in [0.3, 0.4) is 0 Å². The molecule has 3 heterocycles. The minimum Gasteiger partial charge on any atom is -0.507 e. The van der Waals surface area contributed by atoms with Gasteiger partial charge in [0.05, 0.1) is 16.6 Å². The molecule has 23 heavy (non-hydrogen) atoms. The predicted octanol–water partition coefficient (Wildman–Crippen LogP) is 4.41. The van der Waals surface area contributed by atoms with Gasteiger partial charge >= 0.3 is 0 Å². The molecule has 0 saturated heterocycles. The Hall–Kier alpha value is -2.38. The van der Waals surface area contributed by atoms with Gasteiger partial charge < -0.3 is 5.11 Å². The lowest BCUT2D eigenvalue weighted by Crippen LogP contribution is -1.87. The van der Waals surface area contributed by atoms with Crippen LogP contribution < -0.4 is 0 Å². The molecule has 1 N–H and O–H groups in total. The van der Waals surface area contributed by atoms with Gasteiger partial charge in [0.1, 0.15) is 12.1 Å². The van der Waals surface area contributed by atoms with Crippen LogP contribution in [0.5, 0.6) is 0 Å². The third-order valence-corrected chi connectivity index (χ3v) is 5.55. The minimum absolute atomic E-state index is 0.263. The summed E-state index contributed by atoms with van der Waals surface area (Å²) >= 11 is 3.05. The van der Waals surface area contributed by atoms with E-state index in [4.69, 9.17) is 0 Å². The zero-order valence-electron chi connectivity index (χ0n) is 12.2. The Labute approximate surface area is 140 Å². The fraction of sp³-hybridized carbons (Fsp3) is 0.0625. The Balaban J connectivity index is 1.73. The normalized spacial score (nSPS) is 12.3. The fourth-order valence-corrected chi connectivity index (χ4v) is 4.27. The first-order chi connectivity index (χ1) is 11.2. The number of allylic oxidation sites excluding steroid dienone is 1. The highest BCUT2D eigenvalue weighted by molar-refractivity contribution is 8.01. The highest BCUT2D eigenvalue weighted by Crippen LogP contribution is 2.34. The summed E-state index contributed by atoms with van der Waals surface area (Å²) in [6.07, 6.45) is 5.08. The van der Waals surface area contributed by atoms with Gasteiger partial charge in [-0.1, -0.05) is 17.8 Å². The molecule has 4 aromatic rings. The average molecular weight is 340 g/mol. The van der Waals surface area contributed by atoms with Crippen LogP contribution in [0.2, 0.25) is 0 Å². The lowest BCUT2D eigenvalue weighted by molar-refractivity contribution is 0.513. The summed E-state index contributed by atoms with van der Waals surface area (Å²) in [7, 11) is 0. The highest BCUT2D eigenvalue weighted by atomic mass is 32.2. The molecule has 114 valence electrons. The van der Waals surface area contributed by atoms with Crippen LogP contribution in [-0.4, -0.2) is 24.7 Å². The highest BCUT2D eigenvalue weighted by Gasteiger charge is 2.08. The third kappa shape index (κ3) is 2.58. The summed E-state index contributed by atoms with van der Waals surface area (Å²) in [4.78, 5) is 6.22. The first-order valence-corrected chi connectivity index (χ1v) is 8.60. The Morgan fingerprint density at radius 1 is 1.30 bits per heavy atom. The van der Waals surface area contributed by atoms with Crippen molar-refractivity contribution in [2.75, 3.05) is 0 Å². The van der Waals surface area contributed by atoms with Gasteiger partial charge in [0.2, 0.25) is 0 Å². The largest absolute Gasteiger partial charge is 0.507 e. The summed E-state index contributed by atoms with van der Waals surface area (Å²) < 4.78 is 2.86. The number of aliphatic hydroxyl groups excluding tert-OH is 1. The van der Waals surface area contributed by atoms with E-state index >= 15 is 0 Å². The molecule has 0 radical (unpaired) electrons. The summed E-state index contributed by atoms with van der Waals surface area (Å²) in [6.45, 7) is 1.80. The Kier molecular flexibility index (Phi) is 3.51.